The van der Waals surface area contributed by atoms with E-state index in [1.165, 1.54) is 11.3 Å². The first-order valence-electron chi connectivity index (χ1n) is 8.82. The lowest BCUT2D eigenvalue weighted by atomic mass is 10.0. The van der Waals surface area contributed by atoms with Crippen LogP contribution in [-0.2, 0) is 0 Å². The minimum absolute atomic E-state index is 0.0824. The summed E-state index contributed by atoms with van der Waals surface area (Å²) in [7, 11) is 1.79. The van der Waals surface area contributed by atoms with Crippen molar-refractivity contribution in [3.8, 4) is 22.1 Å². The fourth-order valence-electron chi connectivity index (χ4n) is 2.65. The molecule has 7 heteroatoms. The number of amides is 1. The van der Waals surface area contributed by atoms with Gasteiger partial charge >= 0.3 is 0 Å². The molecular formula is C19H25N3O3S. The first-order valence-corrected chi connectivity index (χ1v) is 9.70. The molecule has 1 atom stereocenters. The Morgan fingerprint density at radius 3 is 2.77 bits per heavy atom. The van der Waals surface area contributed by atoms with Gasteiger partial charge in [-0.15, -0.1) is 11.3 Å². The number of hydrogen-bond acceptors (Lipinski definition) is 6. The Labute approximate surface area is 157 Å². The van der Waals surface area contributed by atoms with Gasteiger partial charge in [0, 0.05) is 30.6 Å². The van der Waals surface area contributed by atoms with E-state index < -0.39 is 0 Å². The molecule has 0 radical (unpaired) electrons. The van der Waals surface area contributed by atoms with Gasteiger partial charge in [-0.05, 0) is 30.5 Å². The zero-order chi connectivity index (χ0) is 18.7. The second kappa shape index (κ2) is 8.05. The number of carbonyl (C=O) groups is 1. The monoisotopic (exact) mass is 375 g/mol. The third-order valence-corrected chi connectivity index (χ3v) is 5.40. The Morgan fingerprint density at radius 1 is 1.31 bits per heavy atom. The molecule has 1 aliphatic heterocycles. The highest BCUT2D eigenvalue weighted by molar-refractivity contribution is 7.13. The summed E-state index contributed by atoms with van der Waals surface area (Å²) in [4.78, 5) is 18.8. The predicted molar refractivity (Wildman–Crippen MR) is 103 cm³/mol. The smallest absolute Gasteiger partial charge is 0.273 e. The molecule has 1 aromatic heterocycles. The van der Waals surface area contributed by atoms with E-state index in [9.17, 15) is 4.79 Å². The zero-order valence-corrected chi connectivity index (χ0v) is 16.2. The van der Waals surface area contributed by atoms with Crippen molar-refractivity contribution in [1.29, 1.82) is 0 Å². The van der Waals surface area contributed by atoms with Gasteiger partial charge in [0.2, 0.25) is 0 Å². The lowest BCUT2D eigenvalue weighted by Crippen LogP contribution is -2.34. The second-order valence-corrected chi connectivity index (χ2v) is 7.68. The van der Waals surface area contributed by atoms with E-state index in [0.717, 1.165) is 28.5 Å². The molecule has 1 aromatic carbocycles. The number of thiazole rings is 1. The lowest BCUT2D eigenvalue weighted by Gasteiger charge is -2.20. The molecule has 26 heavy (non-hydrogen) atoms. The molecule has 1 amide bonds. The van der Waals surface area contributed by atoms with Crippen LogP contribution in [0, 0.1) is 5.92 Å². The van der Waals surface area contributed by atoms with E-state index in [2.05, 4.69) is 18.8 Å². The van der Waals surface area contributed by atoms with Gasteiger partial charge in [0.25, 0.3) is 5.91 Å². The molecule has 0 aliphatic carbocycles. The molecule has 0 fully saturated rings. The van der Waals surface area contributed by atoms with Crippen molar-refractivity contribution < 1.29 is 14.3 Å². The van der Waals surface area contributed by atoms with Crippen LogP contribution in [0.4, 0.5) is 0 Å². The third-order valence-electron chi connectivity index (χ3n) is 4.51. The maximum Gasteiger partial charge on any atom is 0.273 e. The number of nitrogens with zero attached hydrogens (tertiary/aromatic N) is 2. The predicted octanol–water partition coefficient (Wildman–Crippen LogP) is 3.03. The Balaban J connectivity index is 1.68. The van der Waals surface area contributed by atoms with Gasteiger partial charge in [0.05, 0.1) is 0 Å². The normalized spacial score (nSPS) is 14.3. The average molecular weight is 375 g/mol. The first kappa shape index (κ1) is 18.7. The average Bonchev–Trinajstić information content (AvgIpc) is 3.14. The number of rotatable bonds is 6. The summed E-state index contributed by atoms with van der Waals surface area (Å²) < 4.78 is 11.2. The van der Waals surface area contributed by atoms with Crippen LogP contribution in [0.3, 0.4) is 0 Å². The number of fused-ring (bicyclic) bond motifs is 1. The molecule has 0 saturated heterocycles. The van der Waals surface area contributed by atoms with Gasteiger partial charge in [-0.25, -0.2) is 4.98 Å². The summed E-state index contributed by atoms with van der Waals surface area (Å²) in [6.45, 7) is 5.91. The molecule has 0 spiro atoms. The summed E-state index contributed by atoms with van der Waals surface area (Å²) in [6, 6.07) is 5.82. The van der Waals surface area contributed by atoms with Crippen LogP contribution in [-0.4, -0.2) is 48.6 Å². The molecule has 2 N–H and O–H groups in total. The minimum Gasteiger partial charge on any atom is -0.486 e. The van der Waals surface area contributed by atoms with Crippen molar-refractivity contribution in [2.75, 3.05) is 26.8 Å². The van der Waals surface area contributed by atoms with Crippen molar-refractivity contribution in [3.63, 3.8) is 0 Å². The van der Waals surface area contributed by atoms with E-state index in [1.807, 2.05) is 18.2 Å². The molecule has 1 unspecified atom stereocenters. The lowest BCUT2D eigenvalue weighted by molar-refractivity contribution is 0.0784. The summed E-state index contributed by atoms with van der Waals surface area (Å²) in [5.74, 6) is 1.78. The fourth-order valence-corrected chi connectivity index (χ4v) is 3.44. The summed E-state index contributed by atoms with van der Waals surface area (Å²) in [6.07, 6.45) is 0.777. The molecule has 6 nitrogen and oxygen atoms in total. The Morgan fingerprint density at radius 2 is 2.04 bits per heavy atom. The number of carbonyl (C=O) groups excluding carboxylic acids is 1. The standard InChI is InChI=1S/C19H25N3O3S/c1-12(2)14(20)6-7-22(3)19(23)15-11-26-18(21-15)13-4-5-16-17(10-13)25-9-8-24-16/h4-5,10-12,14H,6-9,20H2,1-3H3. The van der Waals surface area contributed by atoms with Crippen molar-refractivity contribution in [3.05, 3.63) is 29.3 Å². The van der Waals surface area contributed by atoms with Crippen LogP contribution < -0.4 is 15.2 Å². The number of nitrogens with two attached hydrogens (primary N) is 1. The van der Waals surface area contributed by atoms with E-state index in [4.69, 9.17) is 15.2 Å². The SMILES string of the molecule is CC(C)C(N)CCN(C)C(=O)c1csc(-c2ccc3c(c2)OCCO3)n1. The van der Waals surface area contributed by atoms with Gasteiger partial charge < -0.3 is 20.1 Å². The van der Waals surface area contributed by atoms with Crippen molar-refractivity contribution in [1.82, 2.24) is 9.88 Å². The van der Waals surface area contributed by atoms with Gasteiger partial charge in [0.15, 0.2) is 11.5 Å². The van der Waals surface area contributed by atoms with E-state index in [-0.39, 0.29) is 11.9 Å². The number of ether oxygens (including phenoxy) is 2. The highest BCUT2D eigenvalue weighted by Crippen LogP contribution is 2.35. The van der Waals surface area contributed by atoms with E-state index >= 15 is 0 Å². The zero-order valence-electron chi connectivity index (χ0n) is 15.4. The molecule has 140 valence electrons. The van der Waals surface area contributed by atoms with Gasteiger partial charge in [-0.3, -0.25) is 4.79 Å². The highest BCUT2D eigenvalue weighted by Gasteiger charge is 2.19. The topological polar surface area (TPSA) is 77.7 Å². The molecular weight excluding hydrogens is 350 g/mol. The summed E-state index contributed by atoms with van der Waals surface area (Å²) in [5.41, 5.74) is 7.44. The molecule has 0 saturated carbocycles. The number of benzene rings is 1. The van der Waals surface area contributed by atoms with Crippen molar-refractivity contribution in [2.45, 2.75) is 26.3 Å². The van der Waals surface area contributed by atoms with Crippen LogP contribution in [0.25, 0.3) is 10.6 Å². The molecule has 2 heterocycles. The largest absolute Gasteiger partial charge is 0.486 e. The van der Waals surface area contributed by atoms with Crippen molar-refractivity contribution >= 4 is 17.2 Å². The Hall–Kier alpha value is -2.12. The molecule has 0 bridgehead atoms. The molecule has 1 aliphatic rings. The second-order valence-electron chi connectivity index (χ2n) is 6.82. The first-order chi connectivity index (χ1) is 12.5. The minimum atomic E-state index is -0.0824. The van der Waals surface area contributed by atoms with Crippen LogP contribution in [0.2, 0.25) is 0 Å². The van der Waals surface area contributed by atoms with Crippen LogP contribution in [0.15, 0.2) is 23.6 Å². The van der Waals surface area contributed by atoms with Gasteiger partial charge in [-0.2, -0.15) is 0 Å². The van der Waals surface area contributed by atoms with E-state index in [1.54, 1.807) is 17.3 Å². The summed E-state index contributed by atoms with van der Waals surface area (Å²) in [5, 5.41) is 2.59. The van der Waals surface area contributed by atoms with Crippen LogP contribution in [0.5, 0.6) is 11.5 Å². The quantitative estimate of drug-likeness (QED) is 0.840. The Bertz CT molecular complexity index is 775. The van der Waals surface area contributed by atoms with Crippen LogP contribution >= 0.6 is 11.3 Å². The Kier molecular flexibility index (Phi) is 5.78. The number of hydrogen-bond donors (Lipinski definition) is 1. The van der Waals surface area contributed by atoms with Gasteiger partial charge in [-0.1, -0.05) is 13.8 Å². The van der Waals surface area contributed by atoms with Crippen molar-refractivity contribution in [2.24, 2.45) is 11.7 Å². The fraction of sp³-hybridized carbons (Fsp3) is 0.474. The third kappa shape index (κ3) is 4.16. The molecule has 3 rings (SSSR count). The van der Waals surface area contributed by atoms with Crippen LogP contribution in [0.1, 0.15) is 30.8 Å². The highest BCUT2D eigenvalue weighted by atomic mass is 32.1. The molecule has 2 aromatic rings. The van der Waals surface area contributed by atoms with E-state index in [0.29, 0.717) is 31.4 Å². The summed E-state index contributed by atoms with van der Waals surface area (Å²) >= 11 is 1.45. The maximum atomic E-state index is 12.6. The maximum absolute atomic E-state index is 12.6. The van der Waals surface area contributed by atoms with Gasteiger partial charge in [0.1, 0.15) is 23.9 Å². The number of aromatic nitrogens is 1.